The van der Waals surface area contributed by atoms with Crippen LogP contribution in [-0.2, 0) is 16.0 Å². The van der Waals surface area contributed by atoms with Gasteiger partial charge in [-0.05, 0) is 17.7 Å². The van der Waals surface area contributed by atoms with E-state index in [2.05, 4.69) is 0 Å². The van der Waals surface area contributed by atoms with E-state index in [0.29, 0.717) is 17.8 Å². The SMILES string of the molecule is COc1ccc(CC(=O)C=O)cc1OC. The van der Waals surface area contributed by atoms with E-state index < -0.39 is 5.78 Å². The first-order valence-electron chi connectivity index (χ1n) is 4.40. The van der Waals surface area contributed by atoms with E-state index >= 15 is 0 Å². The molecule has 0 aromatic heterocycles. The number of hydrogen-bond donors (Lipinski definition) is 0. The second kappa shape index (κ2) is 5.14. The average Bonchev–Trinajstić information content (AvgIpc) is 2.28. The first-order chi connectivity index (χ1) is 7.21. The number of hydrogen-bond acceptors (Lipinski definition) is 4. The van der Waals surface area contributed by atoms with Gasteiger partial charge in [-0.1, -0.05) is 6.07 Å². The molecule has 80 valence electrons. The van der Waals surface area contributed by atoms with Crippen molar-refractivity contribution < 1.29 is 19.1 Å². The van der Waals surface area contributed by atoms with Gasteiger partial charge in [0.2, 0.25) is 0 Å². The largest absolute Gasteiger partial charge is 0.493 e. The molecule has 0 saturated heterocycles. The molecule has 1 rings (SSSR count). The normalized spacial score (nSPS) is 9.47. The van der Waals surface area contributed by atoms with Crippen LogP contribution in [0.3, 0.4) is 0 Å². The number of carbonyl (C=O) groups excluding carboxylic acids is 2. The lowest BCUT2D eigenvalue weighted by molar-refractivity contribution is -0.129. The Balaban J connectivity index is 2.92. The second-order valence-corrected chi connectivity index (χ2v) is 2.95. The van der Waals surface area contributed by atoms with Crippen molar-refractivity contribution in [3.63, 3.8) is 0 Å². The fourth-order valence-corrected chi connectivity index (χ4v) is 1.23. The standard InChI is InChI=1S/C11H12O4/c1-14-10-4-3-8(5-9(13)7-12)6-11(10)15-2/h3-4,6-7H,5H2,1-2H3. The van der Waals surface area contributed by atoms with Gasteiger partial charge < -0.3 is 9.47 Å². The summed E-state index contributed by atoms with van der Waals surface area (Å²) in [5.74, 6) is 0.690. The minimum absolute atomic E-state index is 0.0872. The van der Waals surface area contributed by atoms with Crippen LogP contribution in [0.15, 0.2) is 18.2 Å². The van der Waals surface area contributed by atoms with Gasteiger partial charge in [-0.15, -0.1) is 0 Å². The zero-order chi connectivity index (χ0) is 11.3. The van der Waals surface area contributed by atoms with Crippen LogP contribution >= 0.6 is 0 Å². The molecule has 4 heteroatoms. The Morgan fingerprint density at radius 3 is 2.47 bits per heavy atom. The molecule has 0 heterocycles. The summed E-state index contributed by atoms with van der Waals surface area (Å²) in [6.45, 7) is 0. The van der Waals surface area contributed by atoms with Gasteiger partial charge in [0.05, 0.1) is 14.2 Å². The zero-order valence-corrected chi connectivity index (χ0v) is 8.65. The molecule has 15 heavy (non-hydrogen) atoms. The van der Waals surface area contributed by atoms with Crippen LogP contribution in [0.2, 0.25) is 0 Å². The van der Waals surface area contributed by atoms with Crippen LogP contribution in [0.5, 0.6) is 11.5 Å². The minimum atomic E-state index is -0.456. The summed E-state index contributed by atoms with van der Waals surface area (Å²) < 4.78 is 10.1. The molecule has 0 unspecified atom stereocenters. The monoisotopic (exact) mass is 208 g/mol. The van der Waals surface area contributed by atoms with Gasteiger partial charge in [0.15, 0.2) is 23.6 Å². The number of ether oxygens (including phenoxy) is 2. The summed E-state index contributed by atoms with van der Waals surface area (Å²) in [6.07, 6.45) is 0.403. The molecule has 1 aromatic carbocycles. The lowest BCUT2D eigenvalue weighted by Crippen LogP contribution is -2.03. The van der Waals surface area contributed by atoms with Crippen molar-refractivity contribution in [2.45, 2.75) is 6.42 Å². The van der Waals surface area contributed by atoms with Crippen LogP contribution in [0.25, 0.3) is 0 Å². The van der Waals surface area contributed by atoms with Gasteiger partial charge in [0.1, 0.15) is 0 Å². The van der Waals surface area contributed by atoms with Crippen LogP contribution < -0.4 is 9.47 Å². The van der Waals surface area contributed by atoms with E-state index in [1.165, 1.54) is 14.2 Å². The maximum Gasteiger partial charge on any atom is 0.199 e. The van der Waals surface area contributed by atoms with Crippen molar-refractivity contribution in [3.8, 4) is 11.5 Å². The molecule has 0 atom stereocenters. The third-order valence-electron chi connectivity index (χ3n) is 1.96. The predicted octanol–water partition coefficient (Wildman–Crippen LogP) is 1.01. The number of carbonyl (C=O) groups is 2. The van der Waals surface area contributed by atoms with E-state index in [-0.39, 0.29) is 6.42 Å². The summed E-state index contributed by atoms with van der Waals surface area (Å²) >= 11 is 0. The van der Waals surface area contributed by atoms with Gasteiger partial charge in [0, 0.05) is 6.42 Å². The number of aldehydes is 1. The fraction of sp³-hybridized carbons (Fsp3) is 0.273. The molecule has 4 nitrogen and oxygen atoms in total. The van der Waals surface area contributed by atoms with Gasteiger partial charge in [-0.3, -0.25) is 9.59 Å². The molecule has 0 bridgehead atoms. The maximum absolute atomic E-state index is 10.9. The molecule has 0 amide bonds. The third-order valence-corrected chi connectivity index (χ3v) is 1.96. The quantitative estimate of drug-likeness (QED) is 0.535. The second-order valence-electron chi connectivity index (χ2n) is 2.95. The van der Waals surface area contributed by atoms with Gasteiger partial charge in [-0.25, -0.2) is 0 Å². The number of benzene rings is 1. The lowest BCUT2D eigenvalue weighted by atomic mass is 10.1. The number of Topliss-reactive ketones (excluding diaryl/α,β-unsaturated/α-hetero) is 1. The molecule has 0 aliphatic rings. The topological polar surface area (TPSA) is 52.6 Å². The Morgan fingerprint density at radius 2 is 1.93 bits per heavy atom. The molecule has 0 fully saturated rings. The zero-order valence-electron chi connectivity index (χ0n) is 8.65. The number of ketones is 1. The van der Waals surface area contributed by atoms with Crippen molar-refractivity contribution in [1.82, 2.24) is 0 Å². The van der Waals surface area contributed by atoms with Crippen LogP contribution in [0, 0.1) is 0 Å². The number of rotatable bonds is 5. The Morgan fingerprint density at radius 1 is 1.27 bits per heavy atom. The predicted molar refractivity (Wildman–Crippen MR) is 54.3 cm³/mol. The highest BCUT2D eigenvalue weighted by Gasteiger charge is 2.07. The summed E-state index contributed by atoms with van der Waals surface area (Å²) in [5, 5.41) is 0. The molecule has 0 radical (unpaired) electrons. The Labute approximate surface area is 87.8 Å². The third kappa shape index (κ3) is 2.80. The summed E-state index contributed by atoms with van der Waals surface area (Å²) in [5.41, 5.74) is 0.727. The summed E-state index contributed by atoms with van der Waals surface area (Å²) in [6, 6.07) is 5.11. The van der Waals surface area contributed by atoms with Crippen molar-refractivity contribution in [3.05, 3.63) is 23.8 Å². The molecule has 0 aliphatic heterocycles. The van der Waals surface area contributed by atoms with Gasteiger partial charge in [-0.2, -0.15) is 0 Å². The highest BCUT2D eigenvalue weighted by Crippen LogP contribution is 2.27. The van der Waals surface area contributed by atoms with Crippen LogP contribution in [0.4, 0.5) is 0 Å². The highest BCUT2D eigenvalue weighted by molar-refractivity contribution is 6.25. The summed E-state index contributed by atoms with van der Waals surface area (Å²) in [7, 11) is 3.05. The van der Waals surface area contributed by atoms with Crippen molar-refractivity contribution in [1.29, 1.82) is 0 Å². The molecule has 0 aliphatic carbocycles. The lowest BCUT2D eigenvalue weighted by Gasteiger charge is -2.08. The van der Waals surface area contributed by atoms with Crippen molar-refractivity contribution >= 4 is 12.1 Å². The number of methoxy groups -OCH3 is 2. The van der Waals surface area contributed by atoms with Gasteiger partial charge in [0.25, 0.3) is 0 Å². The van der Waals surface area contributed by atoms with E-state index in [4.69, 9.17) is 9.47 Å². The Hall–Kier alpha value is -1.84. The minimum Gasteiger partial charge on any atom is -0.493 e. The Bertz CT molecular complexity index is 371. The molecular formula is C11H12O4. The molecule has 1 aromatic rings. The van der Waals surface area contributed by atoms with E-state index in [0.717, 1.165) is 5.56 Å². The van der Waals surface area contributed by atoms with Crippen LogP contribution in [0.1, 0.15) is 5.56 Å². The smallest absolute Gasteiger partial charge is 0.199 e. The van der Waals surface area contributed by atoms with Crippen molar-refractivity contribution in [2.24, 2.45) is 0 Å². The van der Waals surface area contributed by atoms with E-state index in [9.17, 15) is 9.59 Å². The van der Waals surface area contributed by atoms with Crippen LogP contribution in [-0.4, -0.2) is 26.3 Å². The highest BCUT2D eigenvalue weighted by atomic mass is 16.5. The van der Waals surface area contributed by atoms with E-state index in [1.54, 1.807) is 18.2 Å². The average molecular weight is 208 g/mol. The fourth-order valence-electron chi connectivity index (χ4n) is 1.23. The van der Waals surface area contributed by atoms with Crippen molar-refractivity contribution in [2.75, 3.05) is 14.2 Å². The Kier molecular flexibility index (Phi) is 3.85. The molecular weight excluding hydrogens is 196 g/mol. The first-order valence-corrected chi connectivity index (χ1v) is 4.40. The summed E-state index contributed by atoms with van der Waals surface area (Å²) in [4.78, 5) is 21.1. The molecule has 0 N–H and O–H groups in total. The first kappa shape index (κ1) is 11.2. The maximum atomic E-state index is 10.9. The molecule has 0 spiro atoms. The molecule has 0 saturated carbocycles. The van der Waals surface area contributed by atoms with E-state index in [1.807, 2.05) is 0 Å². The van der Waals surface area contributed by atoms with Gasteiger partial charge >= 0.3 is 0 Å².